The van der Waals surface area contributed by atoms with Crippen molar-refractivity contribution in [1.29, 1.82) is 0 Å². The molecule has 0 radical (unpaired) electrons. The van der Waals surface area contributed by atoms with Gasteiger partial charge in [-0.15, -0.1) is 10.2 Å². The Kier molecular flexibility index (Phi) is 5.50. The fourth-order valence-electron chi connectivity index (χ4n) is 2.54. The standard InChI is InChI=1S/C21H13ClFN3O2S/c22-16(12-14-10-11-18(28-14)15-8-4-5-9-17(15)23)20-25-26-21(29-20)19(27)24-13-6-2-1-3-7-13/h1-12H,(H,24,27). The summed E-state index contributed by atoms with van der Waals surface area (Å²) in [7, 11) is 0. The van der Waals surface area contributed by atoms with Crippen LogP contribution in [0.4, 0.5) is 10.1 Å². The molecule has 2 aromatic heterocycles. The summed E-state index contributed by atoms with van der Waals surface area (Å²) in [6.45, 7) is 0. The number of carbonyl (C=O) groups is 1. The molecular formula is C21H13ClFN3O2S. The molecule has 0 saturated carbocycles. The Hall–Kier alpha value is -3.29. The van der Waals surface area contributed by atoms with Crippen LogP contribution in [0.2, 0.25) is 0 Å². The molecule has 0 aliphatic heterocycles. The van der Waals surface area contributed by atoms with Gasteiger partial charge in [-0.2, -0.15) is 0 Å². The Balaban J connectivity index is 1.50. The Bertz CT molecular complexity index is 1190. The Morgan fingerprint density at radius 1 is 1.00 bits per heavy atom. The van der Waals surface area contributed by atoms with Gasteiger partial charge in [-0.3, -0.25) is 4.79 Å². The maximum Gasteiger partial charge on any atom is 0.286 e. The van der Waals surface area contributed by atoms with E-state index in [2.05, 4.69) is 15.5 Å². The maximum absolute atomic E-state index is 13.9. The molecule has 144 valence electrons. The number of amides is 1. The van der Waals surface area contributed by atoms with Crippen LogP contribution in [0.15, 0.2) is 71.1 Å². The number of rotatable bonds is 5. The zero-order valence-electron chi connectivity index (χ0n) is 14.8. The number of furan rings is 1. The number of nitrogens with one attached hydrogen (secondary N) is 1. The molecule has 2 heterocycles. The van der Waals surface area contributed by atoms with Gasteiger partial charge in [0.15, 0.2) is 5.01 Å². The van der Waals surface area contributed by atoms with Crippen LogP contribution < -0.4 is 5.32 Å². The molecule has 8 heteroatoms. The summed E-state index contributed by atoms with van der Waals surface area (Å²) in [4.78, 5) is 12.3. The van der Waals surface area contributed by atoms with Gasteiger partial charge in [0.05, 0.1) is 10.6 Å². The Labute approximate surface area is 174 Å². The average molecular weight is 426 g/mol. The Morgan fingerprint density at radius 3 is 2.52 bits per heavy atom. The van der Waals surface area contributed by atoms with E-state index in [-0.39, 0.29) is 21.8 Å². The molecule has 0 saturated heterocycles. The maximum atomic E-state index is 13.9. The van der Waals surface area contributed by atoms with Gasteiger partial charge in [0.1, 0.15) is 17.3 Å². The van der Waals surface area contributed by atoms with Crippen LogP contribution in [-0.2, 0) is 0 Å². The largest absolute Gasteiger partial charge is 0.457 e. The minimum absolute atomic E-state index is 0.182. The molecule has 0 aliphatic rings. The second-order valence-corrected chi connectivity index (χ2v) is 7.29. The molecule has 0 bridgehead atoms. The number of anilines is 1. The summed E-state index contributed by atoms with van der Waals surface area (Å²) in [5.41, 5.74) is 1.02. The third kappa shape index (κ3) is 4.42. The monoisotopic (exact) mass is 425 g/mol. The van der Waals surface area contributed by atoms with Gasteiger partial charge in [0.25, 0.3) is 5.91 Å². The van der Waals surface area contributed by atoms with Crippen LogP contribution in [0, 0.1) is 5.82 Å². The van der Waals surface area contributed by atoms with E-state index in [0.717, 1.165) is 11.3 Å². The normalized spacial score (nSPS) is 11.4. The first kappa shape index (κ1) is 19.0. The van der Waals surface area contributed by atoms with Gasteiger partial charge < -0.3 is 9.73 Å². The van der Waals surface area contributed by atoms with Gasteiger partial charge >= 0.3 is 0 Å². The summed E-state index contributed by atoms with van der Waals surface area (Å²) in [6.07, 6.45) is 1.55. The van der Waals surface area contributed by atoms with E-state index in [9.17, 15) is 9.18 Å². The van der Waals surface area contributed by atoms with Crippen molar-refractivity contribution in [2.75, 3.05) is 5.32 Å². The van der Waals surface area contributed by atoms with Crippen LogP contribution in [0.3, 0.4) is 0 Å². The molecule has 2 aromatic carbocycles. The van der Waals surface area contributed by atoms with E-state index < -0.39 is 0 Å². The fraction of sp³-hybridized carbons (Fsp3) is 0. The van der Waals surface area contributed by atoms with E-state index in [4.69, 9.17) is 16.0 Å². The predicted molar refractivity (Wildman–Crippen MR) is 112 cm³/mol. The van der Waals surface area contributed by atoms with Crippen molar-refractivity contribution in [1.82, 2.24) is 10.2 Å². The van der Waals surface area contributed by atoms with Crippen molar-refractivity contribution in [3.63, 3.8) is 0 Å². The summed E-state index contributed by atoms with van der Waals surface area (Å²) in [6, 6.07) is 18.7. The van der Waals surface area contributed by atoms with Crippen molar-refractivity contribution in [3.05, 3.63) is 88.3 Å². The van der Waals surface area contributed by atoms with Crippen LogP contribution in [-0.4, -0.2) is 16.1 Å². The lowest BCUT2D eigenvalue weighted by Crippen LogP contribution is -2.11. The van der Waals surface area contributed by atoms with Crippen molar-refractivity contribution in [3.8, 4) is 11.3 Å². The van der Waals surface area contributed by atoms with E-state index in [1.165, 1.54) is 6.07 Å². The third-order valence-electron chi connectivity index (χ3n) is 3.89. The molecule has 0 fully saturated rings. The van der Waals surface area contributed by atoms with E-state index in [1.807, 2.05) is 18.2 Å². The SMILES string of the molecule is O=C(Nc1ccccc1)c1nnc(C(Cl)=Cc2ccc(-c3ccccc3F)o2)s1. The molecule has 5 nitrogen and oxygen atoms in total. The van der Waals surface area contributed by atoms with Crippen molar-refractivity contribution in [2.24, 2.45) is 0 Å². The van der Waals surface area contributed by atoms with Crippen molar-refractivity contribution >= 4 is 45.6 Å². The van der Waals surface area contributed by atoms with Gasteiger partial charge in [-0.1, -0.05) is 53.3 Å². The lowest BCUT2D eigenvalue weighted by atomic mass is 10.1. The minimum Gasteiger partial charge on any atom is -0.457 e. The number of hydrogen-bond acceptors (Lipinski definition) is 5. The molecule has 4 aromatic rings. The molecule has 0 atom stereocenters. The first-order valence-electron chi connectivity index (χ1n) is 8.52. The molecule has 0 aliphatic carbocycles. The molecular weight excluding hydrogens is 413 g/mol. The van der Waals surface area contributed by atoms with E-state index in [0.29, 0.717) is 27.8 Å². The first-order valence-corrected chi connectivity index (χ1v) is 9.72. The number of benzene rings is 2. The second-order valence-electron chi connectivity index (χ2n) is 5.91. The molecule has 0 unspecified atom stereocenters. The zero-order chi connectivity index (χ0) is 20.2. The smallest absolute Gasteiger partial charge is 0.286 e. The number of halogens is 2. The van der Waals surface area contributed by atoms with Gasteiger partial charge in [0.2, 0.25) is 5.01 Å². The van der Waals surface area contributed by atoms with E-state index in [1.54, 1.807) is 48.5 Å². The molecule has 0 spiro atoms. The highest BCUT2D eigenvalue weighted by Gasteiger charge is 2.15. The lowest BCUT2D eigenvalue weighted by Gasteiger charge is -2.00. The second kappa shape index (κ2) is 8.38. The fourth-order valence-corrected chi connectivity index (χ4v) is 3.45. The molecule has 1 N–H and O–H groups in total. The molecule has 4 rings (SSSR count). The summed E-state index contributed by atoms with van der Waals surface area (Å²) in [5, 5.41) is 11.4. The average Bonchev–Trinajstić information content (AvgIpc) is 3.39. The zero-order valence-corrected chi connectivity index (χ0v) is 16.4. The molecule has 1 amide bonds. The number of hydrogen-bond donors (Lipinski definition) is 1. The number of para-hydroxylation sites is 1. The van der Waals surface area contributed by atoms with Crippen LogP contribution in [0.25, 0.3) is 22.4 Å². The number of nitrogens with zero attached hydrogens (tertiary/aromatic N) is 2. The first-order chi connectivity index (χ1) is 14.1. The van der Waals surface area contributed by atoms with Crippen LogP contribution >= 0.6 is 22.9 Å². The highest BCUT2D eigenvalue weighted by atomic mass is 35.5. The minimum atomic E-state index is -0.373. The van der Waals surface area contributed by atoms with Crippen molar-refractivity contribution < 1.29 is 13.6 Å². The van der Waals surface area contributed by atoms with Gasteiger partial charge in [0, 0.05) is 11.8 Å². The summed E-state index contributed by atoms with van der Waals surface area (Å²) < 4.78 is 19.5. The molecule has 29 heavy (non-hydrogen) atoms. The summed E-state index contributed by atoms with van der Waals surface area (Å²) >= 11 is 7.37. The topological polar surface area (TPSA) is 68.0 Å². The third-order valence-corrected chi connectivity index (χ3v) is 5.25. The Morgan fingerprint density at radius 2 is 1.72 bits per heavy atom. The number of carbonyl (C=O) groups excluding carboxylic acids is 1. The highest BCUT2D eigenvalue weighted by Crippen LogP contribution is 2.29. The number of aromatic nitrogens is 2. The van der Waals surface area contributed by atoms with Crippen LogP contribution in [0.5, 0.6) is 0 Å². The van der Waals surface area contributed by atoms with Gasteiger partial charge in [-0.05, 0) is 36.4 Å². The van der Waals surface area contributed by atoms with Gasteiger partial charge in [-0.25, -0.2) is 4.39 Å². The summed E-state index contributed by atoms with van der Waals surface area (Å²) in [5.74, 6) is 0.0728. The van der Waals surface area contributed by atoms with Crippen molar-refractivity contribution in [2.45, 2.75) is 0 Å². The highest BCUT2D eigenvalue weighted by molar-refractivity contribution is 7.15. The van der Waals surface area contributed by atoms with Crippen LogP contribution in [0.1, 0.15) is 20.6 Å². The quantitative estimate of drug-likeness (QED) is 0.430. The lowest BCUT2D eigenvalue weighted by molar-refractivity contribution is 0.102. The van der Waals surface area contributed by atoms with E-state index >= 15 is 0 Å². The predicted octanol–water partition coefficient (Wildman–Crippen LogP) is 5.93.